The van der Waals surface area contributed by atoms with E-state index in [1.807, 2.05) is 31.2 Å². The van der Waals surface area contributed by atoms with Gasteiger partial charge in [-0.1, -0.05) is 30.3 Å². The third-order valence-electron chi connectivity index (χ3n) is 3.81. The predicted molar refractivity (Wildman–Crippen MR) is 83.1 cm³/mol. The van der Waals surface area contributed by atoms with Crippen molar-refractivity contribution in [3.8, 4) is 5.75 Å². The molecule has 0 radical (unpaired) electrons. The quantitative estimate of drug-likeness (QED) is 0.824. The van der Waals surface area contributed by atoms with Gasteiger partial charge >= 0.3 is 0 Å². The molecule has 0 amide bonds. The van der Waals surface area contributed by atoms with E-state index in [4.69, 9.17) is 4.74 Å². The first kappa shape index (κ1) is 13.9. The largest absolute Gasteiger partial charge is 0.491 e. The van der Waals surface area contributed by atoms with Crippen LogP contribution in [0, 0.1) is 11.7 Å². The normalized spacial score (nSPS) is 15.5. The van der Waals surface area contributed by atoms with Gasteiger partial charge in [0.05, 0.1) is 12.6 Å². The van der Waals surface area contributed by atoms with E-state index in [1.165, 1.54) is 24.5 Å². The van der Waals surface area contributed by atoms with Gasteiger partial charge in [0.2, 0.25) is 0 Å². The Morgan fingerprint density at radius 3 is 2.57 bits per heavy atom. The van der Waals surface area contributed by atoms with Gasteiger partial charge in [-0.15, -0.1) is 0 Å². The van der Waals surface area contributed by atoms with Crippen LogP contribution in [0.2, 0.25) is 0 Å². The zero-order valence-corrected chi connectivity index (χ0v) is 12.2. The molecule has 0 aromatic heterocycles. The summed E-state index contributed by atoms with van der Waals surface area (Å²) in [5.41, 5.74) is 2.06. The van der Waals surface area contributed by atoms with Crippen LogP contribution < -0.4 is 10.1 Å². The van der Waals surface area contributed by atoms with Crippen molar-refractivity contribution < 1.29 is 9.13 Å². The molecule has 1 N–H and O–H groups in total. The fourth-order valence-electron chi connectivity index (χ4n) is 2.61. The van der Waals surface area contributed by atoms with Gasteiger partial charge in [0, 0.05) is 11.8 Å². The molecular formula is C18H20FNO. The van der Waals surface area contributed by atoms with Crippen LogP contribution in [-0.2, 0) is 0 Å². The molecule has 3 rings (SSSR count). The molecule has 1 saturated carbocycles. The Hall–Kier alpha value is -2.03. The number of ether oxygens (including phenoxy) is 1. The zero-order valence-electron chi connectivity index (χ0n) is 12.2. The van der Waals surface area contributed by atoms with Crippen molar-refractivity contribution in [1.29, 1.82) is 0 Å². The van der Waals surface area contributed by atoms with Crippen LogP contribution in [0.4, 0.5) is 10.1 Å². The molecule has 1 aliphatic carbocycles. The van der Waals surface area contributed by atoms with Gasteiger partial charge in [0.1, 0.15) is 0 Å². The monoisotopic (exact) mass is 285 g/mol. The first-order valence-corrected chi connectivity index (χ1v) is 7.51. The van der Waals surface area contributed by atoms with E-state index in [0.717, 1.165) is 5.69 Å². The number of hydrogen-bond donors (Lipinski definition) is 1. The minimum Gasteiger partial charge on any atom is -0.491 e. The van der Waals surface area contributed by atoms with Gasteiger partial charge in [-0.25, -0.2) is 4.39 Å². The van der Waals surface area contributed by atoms with Gasteiger partial charge in [-0.05, 0) is 43.4 Å². The maximum absolute atomic E-state index is 13.9. The van der Waals surface area contributed by atoms with Crippen LogP contribution >= 0.6 is 0 Å². The van der Waals surface area contributed by atoms with E-state index >= 15 is 0 Å². The van der Waals surface area contributed by atoms with Crippen molar-refractivity contribution in [3.05, 3.63) is 59.9 Å². The molecule has 0 aliphatic heterocycles. The van der Waals surface area contributed by atoms with E-state index in [2.05, 4.69) is 17.4 Å². The zero-order chi connectivity index (χ0) is 14.7. The van der Waals surface area contributed by atoms with Gasteiger partial charge in [0.15, 0.2) is 11.6 Å². The highest BCUT2D eigenvalue weighted by molar-refractivity contribution is 5.49. The molecule has 2 nitrogen and oxygen atoms in total. The SMILES string of the molecule is CCOc1ccc(NC(c2ccccc2)C2CC2)cc1F. The van der Waals surface area contributed by atoms with Crippen molar-refractivity contribution in [3.63, 3.8) is 0 Å². The van der Waals surface area contributed by atoms with Crippen molar-refractivity contribution in [2.24, 2.45) is 5.92 Å². The number of hydrogen-bond acceptors (Lipinski definition) is 2. The van der Waals surface area contributed by atoms with Crippen molar-refractivity contribution in [2.45, 2.75) is 25.8 Å². The molecular weight excluding hydrogens is 265 g/mol. The van der Waals surface area contributed by atoms with Gasteiger partial charge in [-0.2, -0.15) is 0 Å². The summed E-state index contributed by atoms with van der Waals surface area (Å²) in [4.78, 5) is 0. The lowest BCUT2D eigenvalue weighted by Gasteiger charge is -2.20. The van der Waals surface area contributed by atoms with Crippen LogP contribution in [0.25, 0.3) is 0 Å². The average Bonchev–Trinajstić information content (AvgIpc) is 3.33. The van der Waals surface area contributed by atoms with Crippen LogP contribution in [0.5, 0.6) is 5.75 Å². The smallest absolute Gasteiger partial charge is 0.167 e. The van der Waals surface area contributed by atoms with E-state index in [1.54, 1.807) is 6.07 Å². The highest BCUT2D eigenvalue weighted by Crippen LogP contribution is 2.43. The predicted octanol–water partition coefficient (Wildman–Crippen LogP) is 4.79. The lowest BCUT2D eigenvalue weighted by atomic mass is 10.0. The van der Waals surface area contributed by atoms with Crippen molar-refractivity contribution in [1.82, 2.24) is 0 Å². The number of anilines is 1. The first-order valence-electron chi connectivity index (χ1n) is 7.51. The summed E-state index contributed by atoms with van der Waals surface area (Å²) >= 11 is 0. The second-order valence-electron chi connectivity index (χ2n) is 5.45. The average molecular weight is 285 g/mol. The van der Waals surface area contributed by atoms with Crippen molar-refractivity contribution >= 4 is 5.69 Å². The fraction of sp³-hybridized carbons (Fsp3) is 0.333. The number of rotatable bonds is 6. The summed E-state index contributed by atoms with van der Waals surface area (Å²) in [5.74, 6) is 0.636. The summed E-state index contributed by atoms with van der Waals surface area (Å²) in [6, 6.07) is 15.7. The second kappa shape index (κ2) is 6.17. The third-order valence-corrected chi connectivity index (χ3v) is 3.81. The Bertz CT molecular complexity index is 595. The first-order chi connectivity index (χ1) is 10.3. The van der Waals surface area contributed by atoms with Crippen LogP contribution in [-0.4, -0.2) is 6.61 Å². The van der Waals surface area contributed by atoms with E-state index in [-0.39, 0.29) is 11.9 Å². The lowest BCUT2D eigenvalue weighted by molar-refractivity contribution is 0.321. The molecule has 1 atom stereocenters. The molecule has 110 valence electrons. The molecule has 0 heterocycles. The number of halogens is 1. The number of nitrogens with one attached hydrogen (secondary N) is 1. The summed E-state index contributed by atoms with van der Waals surface area (Å²) in [7, 11) is 0. The van der Waals surface area contributed by atoms with Gasteiger partial charge in [-0.3, -0.25) is 0 Å². The molecule has 1 unspecified atom stereocenters. The Kier molecular flexibility index (Phi) is 4.09. The molecule has 2 aromatic carbocycles. The van der Waals surface area contributed by atoms with Crippen LogP contribution in [0.3, 0.4) is 0 Å². The summed E-state index contributed by atoms with van der Waals surface area (Å²) in [5, 5.41) is 3.47. The Morgan fingerprint density at radius 1 is 1.19 bits per heavy atom. The molecule has 2 aromatic rings. The van der Waals surface area contributed by atoms with Crippen LogP contribution in [0.1, 0.15) is 31.4 Å². The maximum Gasteiger partial charge on any atom is 0.167 e. The summed E-state index contributed by atoms with van der Waals surface area (Å²) in [6.45, 7) is 2.32. The lowest BCUT2D eigenvalue weighted by Crippen LogP contribution is -2.13. The highest BCUT2D eigenvalue weighted by Gasteiger charge is 2.32. The summed E-state index contributed by atoms with van der Waals surface area (Å²) in [6.07, 6.45) is 2.46. The minimum absolute atomic E-state index is 0.253. The van der Waals surface area contributed by atoms with E-state index < -0.39 is 0 Å². The molecule has 21 heavy (non-hydrogen) atoms. The topological polar surface area (TPSA) is 21.3 Å². The van der Waals surface area contributed by atoms with E-state index in [0.29, 0.717) is 18.3 Å². The molecule has 0 saturated heterocycles. The Balaban J connectivity index is 1.79. The molecule has 3 heteroatoms. The fourth-order valence-corrected chi connectivity index (χ4v) is 2.61. The van der Waals surface area contributed by atoms with Gasteiger partial charge in [0.25, 0.3) is 0 Å². The molecule has 0 spiro atoms. The summed E-state index contributed by atoms with van der Waals surface area (Å²) < 4.78 is 19.2. The molecule has 0 bridgehead atoms. The minimum atomic E-state index is -0.315. The highest BCUT2D eigenvalue weighted by atomic mass is 19.1. The van der Waals surface area contributed by atoms with Gasteiger partial charge < -0.3 is 10.1 Å². The van der Waals surface area contributed by atoms with E-state index in [9.17, 15) is 4.39 Å². The Morgan fingerprint density at radius 2 is 1.95 bits per heavy atom. The molecule has 1 fully saturated rings. The maximum atomic E-state index is 13.9. The number of benzene rings is 2. The van der Waals surface area contributed by atoms with Crippen LogP contribution in [0.15, 0.2) is 48.5 Å². The second-order valence-corrected chi connectivity index (χ2v) is 5.45. The van der Waals surface area contributed by atoms with Crippen molar-refractivity contribution in [2.75, 3.05) is 11.9 Å². The standard InChI is InChI=1S/C18H20FNO/c1-2-21-17-11-10-15(12-16(17)19)20-18(14-8-9-14)13-6-4-3-5-7-13/h3-7,10-12,14,18,20H,2,8-9H2,1H3. The molecule has 1 aliphatic rings. The Labute approximate surface area is 125 Å². The third kappa shape index (κ3) is 3.35.